The number of H-pyrrole nitrogens is 1. The summed E-state index contributed by atoms with van der Waals surface area (Å²) in [5, 5.41) is 0. The third-order valence-corrected chi connectivity index (χ3v) is 5.45. The Morgan fingerprint density at radius 3 is 2.56 bits per heavy atom. The normalized spacial score (nSPS) is 12.2. The van der Waals surface area contributed by atoms with E-state index in [2.05, 4.69) is 4.98 Å². The fourth-order valence-corrected chi connectivity index (χ4v) is 3.52. The second kappa shape index (κ2) is 10.1. The lowest BCUT2D eigenvalue weighted by Gasteiger charge is -2.09. The number of hydrogen-bond donors (Lipinski definition) is 1. The van der Waals surface area contributed by atoms with Crippen LogP contribution in [0, 0.1) is 6.92 Å². The van der Waals surface area contributed by atoms with Gasteiger partial charge in [-0.15, -0.1) is 4.74 Å². The first-order valence-corrected chi connectivity index (χ1v) is 11.0. The van der Waals surface area contributed by atoms with Gasteiger partial charge in [-0.3, -0.25) is 0 Å². The highest BCUT2D eigenvalue weighted by molar-refractivity contribution is 5.66. The fraction of sp³-hybridized carbons (Fsp3) is 0.240. The van der Waals surface area contributed by atoms with Crippen molar-refractivity contribution in [2.45, 2.75) is 39.6 Å². The summed E-state index contributed by atoms with van der Waals surface area (Å²) in [6.45, 7) is 3.84. The smallest absolute Gasteiger partial charge is 0.440 e. The molecule has 0 aliphatic carbocycles. The van der Waals surface area contributed by atoms with Gasteiger partial charge in [0.05, 0.1) is 12.1 Å². The van der Waals surface area contributed by atoms with Crippen molar-refractivity contribution in [3.05, 3.63) is 98.2 Å². The van der Waals surface area contributed by atoms with Gasteiger partial charge in [0.25, 0.3) is 0 Å². The molecule has 0 fully saturated rings. The van der Waals surface area contributed by atoms with E-state index >= 15 is 0 Å². The van der Waals surface area contributed by atoms with E-state index in [4.69, 9.17) is 13.7 Å². The highest BCUT2D eigenvalue weighted by atomic mass is 19.4. The van der Waals surface area contributed by atoms with E-state index in [0.29, 0.717) is 29.2 Å². The van der Waals surface area contributed by atoms with Gasteiger partial charge in [0.2, 0.25) is 5.89 Å². The molecule has 0 saturated carbocycles. The Kier molecular flexibility index (Phi) is 7.00. The highest BCUT2D eigenvalue weighted by Gasteiger charge is 2.30. The lowest BCUT2D eigenvalue weighted by Crippen LogP contribution is -2.16. The quantitative estimate of drug-likeness (QED) is 0.357. The first-order valence-electron chi connectivity index (χ1n) is 11.0. The molecule has 0 spiro atoms. The van der Waals surface area contributed by atoms with Gasteiger partial charge in [0, 0.05) is 5.56 Å². The van der Waals surface area contributed by atoms with Crippen molar-refractivity contribution < 1.29 is 26.8 Å². The average molecular weight is 501 g/mol. The Bertz CT molecular complexity index is 1490. The lowest BCUT2D eigenvalue weighted by molar-refractivity contribution is -0.137. The van der Waals surface area contributed by atoms with Crippen LogP contribution in [0.5, 0.6) is 5.75 Å². The van der Waals surface area contributed by atoms with Crippen LogP contribution in [0.2, 0.25) is 0 Å². The third-order valence-electron chi connectivity index (χ3n) is 5.45. The number of allylic oxidation sites excluding steroid dienone is 2. The summed E-state index contributed by atoms with van der Waals surface area (Å²) in [4.78, 5) is 29.2. The number of ether oxygens (including phenoxy) is 1. The molecular formula is C25H22F3N3O5. The van der Waals surface area contributed by atoms with Crippen molar-refractivity contribution in [1.82, 2.24) is 14.7 Å². The van der Waals surface area contributed by atoms with Crippen molar-refractivity contribution in [1.29, 1.82) is 0 Å². The molecule has 0 atom stereocenters. The molecule has 0 aliphatic rings. The van der Waals surface area contributed by atoms with Gasteiger partial charge >= 0.3 is 17.6 Å². The standard InChI is InChI=1S/C25H22F3N3O5/c1-3-16(11-12-31-23(32)30-24(33)36-31)18-5-4-6-20(13-18)34-14-21-15(2)35-22(29-21)17-7-9-19(10-8-17)25(26,27)28/h4-11,13H,3,12,14H2,1-2H3,(H,30,32,33)/b16-11-. The topological polar surface area (TPSA) is 103 Å². The summed E-state index contributed by atoms with van der Waals surface area (Å²) in [7, 11) is 0. The number of nitrogens with one attached hydrogen (secondary N) is 1. The summed E-state index contributed by atoms with van der Waals surface area (Å²) < 4.78 is 55.6. The SMILES string of the molecule is CC/C(=C/Cn1oc(=O)[nH]c1=O)c1cccc(OCc2nc(-c3ccc(C(F)(F)F)cc3)oc2C)c1. The number of benzene rings is 2. The van der Waals surface area contributed by atoms with E-state index in [1.807, 2.05) is 30.1 Å². The molecule has 2 heterocycles. The van der Waals surface area contributed by atoms with Crippen LogP contribution in [0.3, 0.4) is 0 Å². The molecule has 2 aromatic carbocycles. The molecular weight excluding hydrogens is 479 g/mol. The summed E-state index contributed by atoms with van der Waals surface area (Å²) in [5.74, 6) is 0.451. The summed E-state index contributed by atoms with van der Waals surface area (Å²) in [6.07, 6.45) is -1.97. The number of aromatic nitrogens is 3. The molecule has 0 aliphatic heterocycles. The van der Waals surface area contributed by atoms with Crippen LogP contribution in [-0.2, 0) is 19.3 Å². The number of alkyl halides is 3. The molecule has 0 amide bonds. The van der Waals surface area contributed by atoms with Crippen LogP contribution >= 0.6 is 0 Å². The van der Waals surface area contributed by atoms with E-state index in [1.54, 1.807) is 19.1 Å². The maximum atomic E-state index is 12.8. The molecule has 36 heavy (non-hydrogen) atoms. The van der Waals surface area contributed by atoms with Crippen LogP contribution in [-0.4, -0.2) is 14.7 Å². The Labute approximate surface area is 202 Å². The molecule has 0 radical (unpaired) electrons. The molecule has 4 aromatic rings. The zero-order valence-corrected chi connectivity index (χ0v) is 19.4. The van der Waals surface area contributed by atoms with Crippen molar-refractivity contribution in [3.63, 3.8) is 0 Å². The number of hydrogen-bond acceptors (Lipinski definition) is 6. The summed E-state index contributed by atoms with van der Waals surface area (Å²) in [6, 6.07) is 11.9. The monoisotopic (exact) mass is 501 g/mol. The van der Waals surface area contributed by atoms with Crippen molar-refractivity contribution in [3.8, 4) is 17.2 Å². The Balaban J connectivity index is 1.46. The van der Waals surface area contributed by atoms with Gasteiger partial charge in [-0.1, -0.05) is 25.1 Å². The Hall–Kier alpha value is -4.28. The Morgan fingerprint density at radius 2 is 1.92 bits per heavy atom. The van der Waals surface area contributed by atoms with Gasteiger partial charge in [-0.2, -0.15) is 13.2 Å². The second-order valence-electron chi connectivity index (χ2n) is 7.87. The average Bonchev–Trinajstić information content (AvgIpc) is 3.38. The minimum atomic E-state index is -4.42. The van der Waals surface area contributed by atoms with Gasteiger partial charge in [-0.25, -0.2) is 19.6 Å². The summed E-state index contributed by atoms with van der Waals surface area (Å²) >= 11 is 0. The maximum absolute atomic E-state index is 12.8. The van der Waals surface area contributed by atoms with Crippen molar-refractivity contribution in [2.75, 3.05) is 0 Å². The van der Waals surface area contributed by atoms with Crippen molar-refractivity contribution >= 4 is 5.57 Å². The van der Waals surface area contributed by atoms with Crippen LogP contribution in [0.1, 0.15) is 35.9 Å². The minimum Gasteiger partial charge on any atom is -0.487 e. The predicted octanol–water partition coefficient (Wildman–Crippen LogP) is 5.18. The van der Waals surface area contributed by atoms with Gasteiger partial charge in [0.1, 0.15) is 23.8 Å². The largest absolute Gasteiger partial charge is 0.487 e. The summed E-state index contributed by atoms with van der Waals surface area (Å²) in [5.41, 5.74) is 1.35. The van der Waals surface area contributed by atoms with E-state index in [9.17, 15) is 22.8 Å². The highest BCUT2D eigenvalue weighted by Crippen LogP contribution is 2.31. The van der Waals surface area contributed by atoms with Crippen LogP contribution in [0.15, 0.2) is 73.1 Å². The van der Waals surface area contributed by atoms with Gasteiger partial charge in [0.15, 0.2) is 0 Å². The fourth-order valence-electron chi connectivity index (χ4n) is 3.52. The maximum Gasteiger partial charge on any atom is 0.440 e. The number of halogens is 3. The zero-order chi connectivity index (χ0) is 25.9. The van der Waals surface area contributed by atoms with E-state index in [0.717, 1.165) is 28.0 Å². The van der Waals surface area contributed by atoms with Gasteiger partial charge in [-0.05, 0) is 60.9 Å². The molecule has 1 N–H and O–H groups in total. The molecule has 4 rings (SSSR count). The number of oxazole rings is 1. The molecule has 2 aromatic heterocycles. The zero-order valence-electron chi connectivity index (χ0n) is 19.4. The van der Waals surface area contributed by atoms with E-state index in [1.165, 1.54) is 12.1 Å². The first kappa shape index (κ1) is 24.8. The molecule has 8 nitrogen and oxygen atoms in total. The molecule has 0 unspecified atom stereocenters. The second-order valence-corrected chi connectivity index (χ2v) is 7.87. The Morgan fingerprint density at radius 1 is 1.17 bits per heavy atom. The van der Waals surface area contributed by atoms with E-state index < -0.39 is 23.2 Å². The molecule has 188 valence electrons. The first-order chi connectivity index (χ1) is 17.1. The molecule has 0 saturated heterocycles. The number of aryl methyl sites for hydroxylation is 1. The third kappa shape index (κ3) is 5.68. The van der Waals surface area contributed by atoms with Gasteiger partial charge < -0.3 is 13.7 Å². The van der Waals surface area contributed by atoms with Crippen LogP contribution in [0.4, 0.5) is 13.2 Å². The van der Waals surface area contributed by atoms with Crippen LogP contribution in [0.25, 0.3) is 17.0 Å². The molecule has 11 heteroatoms. The number of nitrogens with zero attached hydrogens (tertiary/aromatic N) is 2. The number of aromatic amines is 1. The van der Waals surface area contributed by atoms with Crippen molar-refractivity contribution in [2.24, 2.45) is 0 Å². The molecule has 0 bridgehead atoms. The van der Waals surface area contributed by atoms with E-state index in [-0.39, 0.29) is 19.0 Å². The predicted molar refractivity (Wildman–Crippen MR) is 124 cm³/mol. The lowest BCUT2D eigenvalue weighted by atomic mass is 10.0. The van der Waals surface area contributed by atoms with Crippen LogP contribution < -0.4 is 16.2 Å². The minimum absolute atomic E-state index is 0.0918. The number of rotatable bonds is 8.